The highest BCUT2D eigenvalue weighted by Crippen LogP contribution is 2.02. The Bertz CT molecular complexity index is 201. The van der Waals surface area contributed by atoms with Gasteiger partial charge >= 0.3 is 0 Å². The first-order valence-electron chi connectivity index (χ1n) is 4.32. The van der Waals surface area contributed by atoms with Crippen LogP contribution in [0.4, 0.5) is 0 Å². The minimum Gasteiger partial charge on any atom is -0.477 e. The van der Waals surface area contributed by atoms with Gasteiger partial charge in [-0.25, -0.2) is 4.98 Å². The van der Waals surface area contributed by atoms with Crippen LogP contribution in [0.15, 0.2) is 18.6 Å². The normalized spacial score (nSPS) is 9.75. The predicted octanol–water partition coefficient (Wildman–Crippen LogP) is 2.05. The molecule has 66 valence electrons. The Morgan fingerprint density at radius 3 is 2.92 bits per heavy atom. The second-order valence-corrected chi connectivity index (χ2v) is 2.60. The number of hydrogen-bond acceptors (Lipinski definition) is 3. The Kier molecular flexibility index (Phi) is 4.13. The van der Waals surface area contributed by atoms with Crippen molar-refractivity contribution >= 4 is 0 Å². The fraction of sp³-hybridized carbons (Fsp3) is 0.556. The maximum atomic E-state index is 5.33. The van der Waals surface area contributed by atoms with Crippen LogP contribution in [0.25, 0.3) is 0 Å². The van der Waals surface area contributed by atoms with E-state index in [9.17, 15) is 0 Å². The van der Waals surface area contributed by atoms with Gasteiger partial charge in [0.2, 0.25) is 5.88 Å². The highest BCUT2D eigenvalue weighted by Gasteiger charge is 1.92. The van der Waals surface area contributed by atoms with Crippen LogP contribution in [-0.2, 0) is 0 Å². The summed E-state index contributed by atoms with van der Waals surface area (Å²) in [6, 6.07) is 0. The molecular formula is C9H14N2O. The third-order valence-corrected chi connectivity index (χ3v) is 1.54. The summed E-state index contributed by atoms with van der Waals surface area (Å²) < 4.78 is 5.33. The smallest absolute Gasteiger partial charge is 0.232 e. The Hall–Kier alpha value is -1.12. The van der Waals surface area contributed by atoms with Gasteiger partial charge in [0.25, 0.3) is 0 Å². The minimum absolute atomic E-state index is 0.619. The standard InChI is InChI=1S/C9H14N2O/c1-2-3-4-7-12-9-8-10-5-6-11-9/h5-6,8H,2-4,7H2,1H3. The summed E-state index contributed by atoms with van der Waals surface area (Å²) >= 11 is 0. The number of hydrogen-bond donors (Lipinski definition) is 0. The summed E-state index contributed by atoms with van der Waals surface area (Å²) in [7, 11) is 0. The lowest BCUT2D eigenvalue weighted by atomic mass is 10.3. The van der Waals surface area contributed by atoms with Crippen molar-refractivity contribution in [3.05, 3.63) is 18.6 Å². The summed E-state index contributed by atoms with van der Waals surface area (Å²) in [6.07, 6.45) is 8.41. The lowest BCUT2D eigenvalue weighted by Gasteiger charge is -2.02. The lowest BCUT2D eigenvalue weighted by molar-refractivity contribution is 0.293. The molecule has 0 fully saturated rings. The molecule has 1 aromatic rings. The Balaban J connectivity index is 2.16. The van der Waals surface area contributed by atoms with E-state index in [1.807, 2.05) is 0 Å². The average molecular weight is 166 g/mol. The van der Waals surface area contributed by atoms with E-state index in [1.54, 1.807) is 18.6 Å². The van der Waals surface area contributed by atoms with Gasteiger partial charge in [0.05, 0.1) is 12.8 Å². The van der Waals surface area contributed by atoms with Crippen LogP contribution < -0.4 is 4.74 Å². The van der Waals surface area contributed by atoms with Crippen LogP contribution in [0, 0.1) is 0 Å². The van der Waals surface area contributed by atoms with Crippen molar-refractivity contribution in [2.75, 3.05) is 6.61 Å². The first-order chi connectivity index (χ1) is 5.93. The molecule has 0 aliphatic heterocycles. The SMILES string of the molecule is CCCCCOc1cnccn1. The summed E-state index contributed by atoms with van der Waals surface area (Å²) in [5.74, 6) is 0.619. The van der Waals surface area contributed by atoms with Crippen LogP contribution in [0.5, 0.6) is 5.88 Å². The molecule has 0 aromatic carbocycles. The van der Waals surface area contributed by atoms with E-state index in [0.29, 0.717) is 5.88 Å². The zero-order valence-corrected chi connectivity index (χ0v) is 7.36. The van der Waals surface area contributed by atoms with Gasteiger partial charge in [-0.05, 0) is 6.42 Å². The molecule has 0 aliphatic rings. The topological polar surface area (TPSA) is 35.0 Å². The van der Waals surface area contributed by atoms with Crippen LogP contribution in [0.1, 0.15) is 26.2 Å². The number of nitrogens with zero attached hydrogens (tertiary/aromatic N) is 2. The molecule has 3 nitrogen and oxygen atoms in total. The molecule has 0 N–H and O–H groups in total. The van der Waals surface area contributed by atoms with Crippen molar-refractivity contribution in [3.63, 3.8) is 0 Å². The molecule has 3 heteroatoms. The molecule has 0 saturated heterocycles. The Morgan fingerprint density at radius 2 is 2.25 bits per heavy atom. The fourth-order valence-corrected chi connectivity index (χ4v) is 0.889. The van der Waals surface area contributed by atoms with Crippen molar-refractivity contribution in [1.29, 1.82) is 0 Å². The largest absolute Gasteiger partial charge is 0.477 e. The molecule has 0 bridgehead atoms. The summed E-state index contributed by atoms with van der Waals surface area (Å²) in [6.45, 7) is 2.91. The second kappa shape index (κ2) is 5.52. The molecule has 1 rings (SSSR count). The van der Waals surface area contributed by atoms with Gasteiger partial charge in [0.15, 0.2) is 0 Å². The van der Waals surface area contributed by atoms with Crippen molar-refractivity contribution < 1.29 is 4.74 Å². The molecule has 0 atom stereocenters. The van der Waals surface area contributed by atoms with Crippen LogP contribution >= 0.6 is 0 Å². The molecule has 12 heavy (non-hydrogen) atoms. The molecule has 0 radical (unpaired) electrons. The van der Waals surface area contributed by atoms with Gasteiger partial charge in [-0.1, -0.05) is 19.8 Å². The Labute approximate surface area is 72.8 Å². The van der Waals surface area contributed by atoms with Crippen LogP contribution in [0.2, 0.25) is 0 Å². The average Bonchev–Trinajstić information content (AvgIpc) is 2.14. The highest BCUT2D eigenvalue weighted by atomic mass is 16.5. The van der Waals surface area contributed by atoms with Gasteiger partial charge in [0, 0.05) is 12.4 Å². The summed E-state index contributed by atoms with van der Waals surface area (Å²) in [5, 5.41) is 0. The van der Waals surface area contributed by atoms with Gasteiger partial charge in [-0.15, -0.1) is 0 Å². The molecule has 0 amide bonds. The summed E-state index contributed by atoms with van der Waals surface area (Å²) in [4.78, 5) is 7.89. The van der Waals surface area contributed by atoms with Crippen molar-refractivity contribution in [2.24, 2.45) is 0 Å². The maximum Gasteiger partial charge on any atom is 0.232 e. The molecule has 0 unspecified atom stereocenters. The van der Waals surface area contributed by atoms with Crippen molar-refractivity contribution in [2.45, 2.75) is 26.2 Å². The quantitative estimate of drug-likeness (QED) is 0.628. The van der Waals surface area contributed by atoms with Gasteiger partial charge in [-0.2, -0.15) is 0 Å². The zero-order valence-electron chi connectivity index (χ0n) is 7.36. The van der Waals surface area contributed by atoms with E-state index in [4.69, 9.17) is 4.74 Å². The third-order valence-electron chi connectivity index (χ3n) is 1.54. The van der Waals surface area contributed by atoms with Crippen molar-refractivity contribution in [1.82, 2.24) is 9.97 Å². The Morgan fingerprint density at radius 1 is 1.33 bits per heavy atom. The van der Waals surface area contributed by atoms with Crippen LogP contribution in [-0.4, -0.2) is 16.6 Å². The molecule has 0 aliphatic carbocycles. The number of aromatic nitrogens is 2. The first kappa shape index (κ1) is 8.97. The third kappa shape index (κ3) is 3.32. The van der Waals surface area contributed by atoms with E-state index in [0.717, 1.165) is 13.0 Å². The van der Waals surface area contributed by atoms with Gasteiger partial charge in [-0.3, -0.25) is 4.98 Å². The van der Waals surface area contributed by atoms with Crippen LogP contribution in [0.3, 0.4) is 0 Å². The van der Waals surface area contributed by atoms with Gasteiger partial charge in [0.1, 0.15) is 0 Å². The van der Waals surface area contributed by atoms with E-state index in [-0.39, 0.29) is 0 Å². The first-order valence-corrected chi connectivity index (χ1v) is 4.32. The summed E-state index contributed by atoms with van der Waals surface area (Å²) in [5.41, 5.74) is 0. The monoisotopic (exact) mass is 166 g/mol. The predicted molar refractivity (Wildman–Crippen MR) is 47.1 cm³/mol. The van der Waals surface area contributed by atoms with E-state index < -0.39 is 0 Å². The van der Waals surface area contributed by atoms with E-state index in [1.165, 1.54) is 12.8 Å². The lowest BCUT2D eigenvalue weighted by Crippen LogP contribution is -1.98. The fourth-order valence-electron chi connectivity index (χ4n) is 0.889. The number of ether oxygens (including phenoxy) is 1. The second-order valence-electron chi connectivity index (χ2n) is 2.60. The maximum absolute atomic E-state index is 5.33. The minimum atomic E-state index is 0.619. The molecule has 1 aromatic heterocycles. The van der Waals surface area contributed by atoms with E-state index >= 15 is 0 Å². The molecule has 1 heterocycles. The molecular weight excluding hydrogens is 152 g/mol. The van der Waals surface area contributed by atoms with Gasteiger partial charge < -0.3 is 4.74 Å². The molecule has 0 spiro atoms. The number of unbranched alkanes of at least 4 members (excludes halogenated alkanes) is 2. The van der Waals surface area contributed by atoms with E-state index in [2.05, 4.69) is 16.9 Å². The molecule has 0 saturated carbocycles. The van der Waals surface area contributed by atoms with Crippen molar-refractivity contribution in [3.8, 4) is 5.88 Å². The highest BCUT2D eigenvalue weighted by molar-refractivity contribution is 5.00. The zero-order chi connectivity index (χ0) is 8.65. The number of rotatable bonds is 5.